The fourth-order valence-corrected chi connectivity index (χ4v) is 1.82. The van der Waals surface area contributed by atoms with E-state index in [2.05, 4.69) is 16.0 Å². The van der Waals surface area contributed by atoms with Crippen molar-refractivity contribution in [2.75, 3.05) is 19.6 Å². The molecule has 1 atom stereocenters. The fraction of sp³-hybridized carbons (Fsp3) is 0.833. The van der Waals surface area contributed by atoms with E-state index >= 15 is 0 Å². The molecule has 0 aromatic carbocycles. The highest BCUT2D eigenvalue weighted by atomic mass is 35.5. The van der Waals surface area contributed by atoms with Crippen LogP contribution < -0.4 is 16.0 Å². The Hall–Kier alpha value is -0.810. The van der Waals surface area contributed by atoms with Crippen LogP contribution in [0.3, 0.4) is 0 Å². The second-order valence-electron chi connectivity index (χ2n) is 5.11. The minimum Gasteiger partial charge on any atom is -0.356 e. The highest BCUT2D eigenvalue weighted by Gasteiger charge is 2.29. The molecule has 1 heterocycles. The number of hydrogen-bond acceptors (Lipinski definition) is 3. The van der Waals surface area contributed by atoms with Crippen molar-refractivity contribution < 1.29 is 9.59 Å². The average molecular weight is 278 g/mol. The van der Waals surface area contributed by atoms with E-state index in [9.17, 15) is 9.59 Å². The molecule has 6 heteroatoms. The first-order valence-corrected chi connectivity index (χ1v) is 6.27. The molecule has 0 bridgehead atoms. The molecule has 0 spiro atoms. The Balaban J connectivity index is 0.00000289. The van der Waals surface area contributed by atoms with E-state index in [0.29, 0.717) is 13.1 Å². The first-order valence-electron chi connectivity index (χ1n) is 6.27. The zero-order valence-electron chi connectivity index (χ0n) is 11.3. The van der Waals surface area contributed by atoms with Crippen molar-refractivity contribution in [1.29, 1.82) is 0 Å². The SMILES string of the molecule is CCNC(=O)C(C)(C)CNC(=O)C1CCCN1.Cl. The van der Waals surface area contributed by atoms with Crippen LogP contribution in [-0.2, 0) is 9.59 Å². The van der Waals surface area contributed by atoms with Gasteiger partial charge >= 0.3 is 0 Å². The summed E-state index contributed by atoms with van der Waals surface area (Å²) in [6.45, 7) is 7.43. The molecule has 0 saturated carbocycles. The molecule has 1 fully saturated rings. The predicted octanol–water partition coefficient (Wildman–Crippen LogP) is 0.439. The van der Waals surface area contributed by atoms with E-state index in [1.807, 2.05) is 20.8 Å². The van der Waals surface area contributed by atoms with Crippen molar-refractivity contribution in [2.24, 2.45) is 5.41 Å². The molecule has 0 aromatic heterocycles. The van der Waals surface area contributed by atoms with Gasteiger partial charge in [-0.1, -0.05) is 0 Å². The number of halogens is 1. The van der Waals surface area contributed by atoms with Crippen LogP contribution in [0.4, 0.5) is 0 Å². The summed E-state index contributed by atoms with van der Waals surface area (Å²) in [5, 5.41) is 8.75. The lowest BCUT2D eigenvalue weighted by Crippen LogP contribution is -2.48. The summed E-state index contributed by atoms with van der Waals surface area (Å²) in [4.78, 5) is 23.5. The Kier molecular flexibility index (Phi) is 7.25. The topological polar surface area (TPSA) is 70.2 Å². The van der Waals surface area contributed by atoms with Gasteiger partial charge in [0.15, 0.2) is 0 Å². The lowest BCUT2D eigenvalue weighted by Gasteiger charge is -2.24. The van der Waals surface area contributed by atoms with Crippen molar-refractivity contribution in [3.05, 3.63) is 0 Å². The summed E-state index contributed by atoms with van der Waals surface area (Å²) < 4.78 is 0. The molecule has 106 valence electrons. The van der Waals surface area contributed by atoms with Crippen LogP contribution in [0.5, 0.6) is 0 Å². The average Bonchev–Trinajstić information content (AvgIpc) is 2.79. The van der Waals surface area contributed by atoms with Gasteiger partial charge in [-0.3, -0.25) is 9.59 Å². The summed E-state index contributed by atoms with van der Waals surface area (Å²) in [6.07, 6.45) is 1.92. The molecule has 1 aliphatic rings. The van der Waals surface area contributed by atoms with Gasteiger partial charge in [-0.15, -0.1) is 12.4 Å². The second-order valence-corrected chi connectivity index (χ2v) is 5.11. The number of carbonyl (C=O) groups is 2. The smallest absolute Gasteiger partial charge is 0.237 e. The number of amides is 2. The zero-order valence-corrected chi connectivity index (χ0v) is 12.2. The lowest BCUT2D eigenvalue weighted by molar-refractivity contribution is -0.130. The Morgan fingerprint density at radius 1 is 1.33 bits per heavy atom. The Morgan fingerprint density at radius 2 is 2.00 bits per heavy atom. The van der Waals surface area contributed by atoms with E-state index in [0.717, 1.165) is 19.4 Å². The second kappa shape index (κ2) is 7.59. The minimum absolute atomic E-state index is 0. The van der Waals surface area contributed by atoms with Gasteiger partial charge < -0.3 is 16.0 Å². The van der Waals surface area contributed by atoms with Crippen molar-refractivity contribution in [3.63, 3.8) is 0 Å². The van der Waals surface area contributed by atoms with Crippen LogP contribution in [0.1, 0.15) is 33.6 Å². The van der Waals surface area contributed by atoms with E-state index in [-0.39, 0.29) is 30.3 Å². The van der Waals surface area contributed by atoms with Crippen LogP contribution in [0, 0.1) is 5.41 Å². The van der Waals surface area contributed by atoms with Crippen molar-refractivity contribution in [1.82, 2.24) is 16.0 Å². The Morgan fingerprint density at radius 3 is 2.50 bits per heavy atom. The van der Waals surface area contributed by atoms with Crippen molar-refractivity contribution in [2.45, 2.75) is 39.7 Å². The van der Waals surface area contributed by atoms with Gasteiger partial charge in [0, 0.05) is 13.1 Å². The molecule has 1 unspecified atom stereocenters. The van der Waals surface area contributed by atoms with Gasteiger partial charge in [-0.05, 0) is 40.2 Å². The maximum Gasteiger partial charge on any atom is 0.237 e. The van der Waals surface area contributed by atoms with Gasteiger partial charge in [0.1, 0.15) is 0 Å². The zero-order chi connectivity index (χ0) is 12.9. The van der Waals surface area contributed by atoms with Crippen LogP contribution in [0.25, 0.3) is 0 Å². The third kappa shape index (κ3) is 4.82. The van der Waals surface area contributed by atoms with Gasteiger partial charge in [0.05, 0.1) is 11.5 Å². The first kappa shape index (κ1) is 17.2. The quantitative estimate of drug-likeness (QED) is 0.683. The molecule has 0 aliphatic carbocycles. The fourth-order valence-electron chi connectivity index (χ4n) is 1.82. The van der Waals surface area contributed by atoms with Gasteiger partial charge in [-0.25, -0.2) is 0 Å². The molecule has 0 radical (unpaired) electrons. The van der Waals surface area contributed by atoms with Gasteiger partial charge in [0.25, 0.3) is 0 Å². The van der Waals surface area contributed by atoms with Crippen molar-refractivity contribution >= 4 is 24.2 Å². The monoisotopic (exact) mass is 277 g/mol. The normalized spacial score (nSPS) is 18.9. The van der Waals surface area contributed by atoms with E-state index < -0.39 is 5.41 Å². The number of hydrogen-bond donors (Lipinski definition) is 3. The number of carbonyl (C=O) groups excluding carboxylic acids is 2. The molecule has 2 amide bonds. The van der Waals surface area contributed by atoms with Crippen LogP contribution in [0.15, 0.2) is 0 Å². The highest BCUT2D eigenvalue weighted by molar-refractivity contribution is 5.85. The van der Waals surface area contributed by atoms with Crippen LogP contribution in [-0.4, -0.2) is 37.5 Å². The molecule has 1 saturated heterocycles. The summed E-state index contributed by atoms with van der Waals surface area (Å²) in [5.74, 6) is -0.0282. The molecule has 18 heavy (non-hydrogen) atoms. The number of rotatable bonds is 5. The molecule has 5 nitrogen and oxygen atoms in total. The lowest BCUT2D eigenvalue weighted by atomic mass is 9.92. The molecular weight excluding hydrogens is 254 g/mol. The maximum absolute atomic E-state index is 11.8. The molecule has 3 N–H and O–H groups in total. The third-order valence-electron chi connectivity index (χ3n) is 3.03. The van der Waals surface area contributed by atoms with E-state index in [1.165, 1.54) is 0 Å². The Labute approximate surface area is 115 Å². The van der Waals surface area contributed by atoms with Gasteiger partial charge in [-0.2, -0.15) is 0 Å². The van der Waals surface area contributed by atoms with E-state index in [1.54, 1.807) is 0 Å². The van der Waals surface area contributed by atoms with Crippen LogP contribution >= 0.6 is 12.4 Å². The number of nitrogens with one attached hydrogen (secondary N) is 3. The summed E-state index contributed by atoms with van der Waals surface area (Å²) in [5.41, 5.74) is -0.565. The van der Waals surface area contributed by atoms with E-state index in [4.69, 9.17) is 0 Å². The van der Waals surface area contributed by atoms with Crippen molar-refractivity contribution in [3.8, 4) is 0 Å². The summed E-state index contributed by atoms with van der Waals surface area (Å²) >= 11 is 0. The summed E-state index contributed by atoms with van der Waals surface area (Å²) in [7, 11) is 0. The molecule has 0 aromatic rings. The predicted molar refractivity (Wildman–Crippen MR) is 73.7 cm³/mol. The first-order chi connectivity index (χ1) is 7.97. The minimum atomic E-state index is -0.565. The summed E-state index contributed by atoms with van der Waals surface area (Å²) in [6, 6.07) is -0.0833. The van der Waals surface area contributed by atoms with Crippen LogP contribution in [0.2, 0.25) is 0 Å². The third-order valence-corrected chi connectivity index (χ3v) is 3.03. The van der Waals surface area contributed by atoms with Gasteiger partial charge in [0.2, 0.25) is 11.8 Å². The highest BCUT2D eigenvalue weighted by Crippen LogP contribution is 2.14. The molecule has 1 aliphatic heterocycles. The maximum atomic E-state index is 11.8. The molecule has 1 rings (SSSR count). The largest absolute Gasteiger partial charge is 0.356 e. The standard InChI is InChI=1S/C12H23N3O2.ClH/c1-4-13-11(17)12(2,3)8-15-10(16)9-6-5-7-14-9;/h9,14H,4-8H2,1-3H3,(H,13,17)(H,15,16);1H. The molecular formula is C12H24ClN3O2. The Bertz CT molecular complexity index is 289.